The highest BCUT2D eigenvalue weighted by molar-refractivity contribution is 6.10. The molecule has 0 saturated carbocycles. The molecule has 0 aliphatic rings. The van der Waals surface area contributed by atoms with E-state index in [9.17, 15) is 0 Å². The van der Waals surface area contributed by atoms with Crippen LogP contribution in [0.25, 0.3) is 49.7 Å². The topological polar surface area (TPSA) is 11.4 Å². The molecule has 1 aromatic heterocycles. The van der Waals surface area contributed by atoms with Crippen LogP contribution in [0.3, 0.4) is 0 Å². The molecule has 11 aromatic rings. The molecule has 0 aliphatic heterocycles. The van der Waals surface area contributed by atoms with E-state index in [2.05, 4.69) is 276 Å². The number of fused-ring (bicyclic) bond motifs is 3. The van der Waals surface area contributed by atoms with Crippen LogP contribution in [0.15, 0.2) is 255 Å². The summed E-state index contributed by atoms with van der Waals surface area (Å²) >= 11 is 0. The van der Waals surface area contributed by atoms with Gasteiger partial charge >= 0.3 is 0 Å². The molecule has 0 fully saturated rings. The van der Waals surface area contributed by atoms with Crippen LogP contribution in [0.4, 0.5) is 34.1 Å². The van der Waals surface area contributed by atoms with Gasteiger partial charge < -0.3 is 14.4 Å². The monoisotopic (exact) mass is 833 g/mol. The van der Waals surface area contributed by atoms with Gasteiger partial charge in [-0.2, -0.15) is 0 Å². The molecule has 0 spiro atoms. The second kappa shape index (κ2) is 17.4. The van der Waals surface area contributed by atoms with Crippen LogP contribution in [0.2, 0.25) is 0 Å². The van der Waals surface area contributed by atoms with Gasteiger partial charge in [0.05, 0.1) is 11.0 Å². The summed E-state index contributed by atoms with van der Waals surface area (Å²) in [6.45, 7) is 2.21. The first-order chi connectivity index (χ1) is 32.2. The van der Waals surface area contributed by atoms with Gasteiger partial charge in [0.15, 0.2) is 0 Å². The van der Waals surface area contributed by atoms with Crippen molar-refractivity contribution >= 4 is 55.9 Å². The normalized spacial score (nSPS) is 11.2. The number of rotatable bonds is 11. The Labute approximate surface area is 381 Å². The van der Waals surface area contributed by atoms with Crippen molar-refractivity contribution in [2.75, 3.05) is 9.80 Å². The third kappa shape index (κ3) is 7.75. The molecular formula is C62H47N3. The maximum absolute atomic E-state index is 2.37. The van der Waals surface area contributed by atoms with Gasteiger partial charge in [0.2, 0.25) is 0 Å². The molecule has 10 aromatic carbocycles. The van der Waals surface area contributed by atoms with Gasteiger partial charge in [-0.1, -0.05) is 158 Å². The molecule has 1 heterocycles. The zero-order valence-corrected chi connectivity index (χ0v) is 36.3. The number of hydrogen-bond acceptors (Lipinski definition) is 2. The second-order valence-corrected chi connectivity index (χ2v) is 16.6. The van der Waals surface area contributed by atoms with E-state index < -0.39 is 0 Å². The Morgan fingerprint density at radius 1 is 0.338 bits per heavy atom. The molecule has 0 bridgehead atoms. The Hall–Kier alpha value is -8.40. The van der Waals surface area contributed by atoms with Crippen molar-refractivity contribution in [2.24, 2.45) is 0 Å². The maximum Gasteiger partial charge on any atom is 0.0542 e. The van der Waals surface area contributed by atoms with E-state index in [1.54, 1.807) is 0 Å². The fourth-order valence-electron chi connectivity index (χ4n) is 9.41. The van der Waals surface area contributed by atoms with E-state index in [1.807, 2.05) is 0 Å². The molecule has 310 valence electrons. The number of aromatic nitrogens is 1. The molecule has 65 heavy (non-hydrogen) atoms. The Morgan fingerprint density at radius 2 is 0.800 bits per heavy atom. The van der Waals surface area contributed by atoms with Gasteiger partial charge in [0.25, 0.3) is 0 Å². The highest BCUT2D eigenvalue weighted by atomic mass is 15.1. The van der Waals surface area contributed by atoms with Crippen molar-refractivity contribution in [2.45, 2.75) is 13.3 Å². The third-order valence-electron chi connectivity index (χ3n) is 12.6. The average molecular weight is 834 g/mol. The average Bonchev–Trinajstić information content (AvgIpc) is 3.70. The molecule has 0 saturated heterocycles. The smallest absolute Gasteiger partial charge is 0.0542 e. The Balaban J connectivity index is 0.942. The third-order valence-corrected chi connectivity index (χ3v) is 12.6. The molecule has 0 radical (unpaired) electrons. The molecule has 0 aliphatic carbocycles. The first-order valence-electron chi connectivity index (χ1n) is 22.4. The summed E-state index contributed by atoms with van der Waals surface area (Å²) in [5.41, 5.74) is 18.9. The van der Waals surface area contributed by atoms with Gasteiger partial charge in [-0.05, 0) is 149 Å². The predicted octanol–water partition coefficient (Wildman–Crippen LogP) is 17.0. The number of para-hydroxylation sites is 4. The van der Waals surface area contributed by atoms with Crippen molar-refractivity contribution in [3.8, 4) is 27.9 Å². The number of anilines is 6. The summed E-state index contributed by atoms with van der Waals surface area (Å²) in [5.74, 6) is 0. The SMILES string of the molecule is Cc1ccccc1-c1cc(N(c2ccccc2)c2ccc(-c3ccc(N(c4ccccc4)c4ccc5c(c4)c4ccccc4n5-c4ccccc4)cc3)cc2)ccc1Cc1ccccc1. The van der Waals surface area contributed by atoms with Crippen LogP contribution in [0.5, 0.6) is 0 Å². The lowest BCUT2D eigenvalue weighted by Gasteiger charge is -2.27. The summed E-state index contributed by atoms with van der Waals surface area (Å²) in [4.78, 5) is 4.72. The molecule has 3 heteroatoms. The first kappa shape index (κ1) is 39.4. The Morgan fingerprint density at radius 3 is 1.42 bits per heavy atom. The molecule has 0 amide bonds. The van der Waals surface area contributed by atoms with E-state index in [1.165, 1.54) is 49.6 Å². The Bertz CT molecular complexity index is 3380. The van der Waals surface area contributed by atoms with Gasteiger partial charge in [-0.25, -0.2) is 0 Å². The molecule has 0 N–H and O–H groups in total. The van der Waals surface area contributed by atoms with Crippen LogP contribution in [0.1, 0.15) is 16.7 Å². The zero-order valence-electron chi connectivity index (χ0n) is 36.3. The lowest BCUT2D eigenvalue weighted by atomic mass is 9.91. The van der Waals surface area contributed by atoms with Crippen LogP contribution in [-0.4, -0.2) is 4.57 Å². The summed E-state index contributed by atoms with van der Waals surface area (Å²) in [7, 11) is 0. The second-order valence-electron chi connectivity index (χ2n) is 16.6. The van der Waals surface area contributed by atoms with Gasteiger partial charge in [0.1, 0.15) is 0 Å². The number of aryl methyl sites for hydroxylation is 1. The van der Waals surface area contributed by atoms with E-state index in [0.717, 1.165) is 57.4 Å². The summed E-state index contributed by atoms with van der Waals surface area (Å²) in [5, 5.41) is 2.45. The van der Waals surface area contributed by atoms with E-state index in [4.69, 9.17) is 0 Å². The molecule has 0 atom stereocenters. The number of nitrogens with zero attached hydrogens (tertiary/aromatic N) is 3. The zero-order chi connectivity index (χ0) is 43.5. The molecule has 0 unspecified atom stereocenters. The highest BCUT2D eigenvalue weighted by Crippen LogP contribution is 2.42. The van der Waals surface area contributed by atoms with Gasteiger partial charge in [-0.3, -0.25) is 0 Å². The van der Waals surface area contributed by atoms with Gasteiger partial charge in [0, 0.05) is 50.6 Å². The fourth-order valence-corrected chi connectivity index (χ4v) is 9.41. The van der Waals surface area contributed by atoms with Crippen molar-refractivity contribution in [3.63, 3.8) is 0 Å². The van der Waals surface area contributed by atoms with Crippen molar-refractivity contribution in [1.29, 1.82) is 0 Å². The molecule has 3 nitrogen and oxygen atoms in total. The predicted molar refractivity (Wildman–Crippen MR) is 275 cm³/mol. The summed E-state index contributed by atoms with van der Waals surface area (Å²) in [6, 6.07) is 92.0. The van der Waals surface area contributed by atoms with E-state index in [-0.39, 0.29) is 0 Å². The first-order valence-corrected chi connectivity index (χ1v) is 22.4. The lowest BCUT2D eigenvalue weighted by molar-refractivity contribution is 1.18. The van der Waals surface area contributed by atoms with E-state index in [0.29, 0.717) is 0 Å². The van der Waals surface area contributed by atoms with Crippen molar-refractivity contribution in [3.05, 3.63) is 271 Å². The van der Waals surface area contributed by atoms with Crippen molar-refractivity contribution < 1.29 is 0 Å². The van der Waals surface area contributed by atoms with Crippen LogP contribution in [-0.2, 0) is 6.42 Å². The quantitative estimate of drug-likeness (QED) is 0.129. The lowest BCUT2D eigenvalue weighted by Crippen LogP contribution is -2.10. The standard InChI is InChI=1S/C62H47N3/c1-45-18-14-15-27-57(45)59-43-55(39-34-49(59)42-46-19-6-2-7-20-46)63(50-21-8-3-9-22-50)53-35-30-47(31-36-53)48-32-37-54(38-33-48)64(51-23-10-4-11-24-51)56-40-41-62-60(44-56)58-28-16-17-29-61(58)65(62)52-25-12-5-13-26-52/h2-41,43-44H,42H2,1H3. The number of hydrogen-bond donors (Lipinski definition) is 0. The van der Waals surface area contributed by atoms with Gasteiger partial charge in [-0.15, -0.1) is 0 Å². The van der Waals surface area contributed by atoms with E-state index >= 15 is 0 Å². The summed E-state index contributed by atoms with van der Waals surface area (Å²) in [6.07, 6.45) is 0.863. The molecular weight excluding hydrogens is 787 g/mol. The largest absolute Gasteiger partial charge is 0.310 e. The Kier molecular flexibility index (Phi) is 10.6. The van der Waals surface area contributed by atoms with Crippen LogP contribution >= 0.6 is 0 Å². The minimum absolute atomic E-state index is 0.863. The number of benzene rings is 10. The minimum Gasteiger partial charge on any atom is -0.310 e. The van der Waals surface area contributed by atoms with Crippen LogP contribution in [0, 0.1) is 6.92 Å². The summed E-state index contributed by atoms with van der Waals surface area (Å²) < 4.78 is 2.37. The maximum atomic E-state index is 2.37. The highest BCUT2D eigenvalue weighted by Gasteiger charge is 2.19. The van der Waals surface area contributed by atoms with Crippen LogP contribution < -0.4 is 9.80 Å². The fraction of sp³-hybridized carbons (Fsp3) is 0.0323. The van der Waals surface area contributed by atoms with Crippen molar-refractivity contribution in [1.82, 2.24) is 4.57 Å². The minimum atomic E-state index is 0.863. The molecule has 11 rings (SSSR count).